The van der Waals surface area contributed by atoms with Gasteiger partial charge < -0.3 is 28.1 Å². The minimum atomic E-state index is -0.613. The first-order valence-electron chi connectivity index (χ1n) is 40.1. The van der Waals surface area contributed by atoms with E-state index < -0.39 is 10.8 Å². The van der Waals surface area contributed by atoms with Crippen LogP contribution in [0.2, 0.25) is 0 Å². The molecule has 0 N–H and O–H groups in total. The van der Waals surface area contributed by atoms with E-state index in [4.69, 9.17) is 0 Å². The molecule has 22 aromatic rings. The van der Waals surface area contributed by atoms with Crippen molar-refractivity contribution in [1.29, 1.82) is 0 Å². The fourth-order valence-electron chi connectivity index (χ4n) is 20.0. The summed E-state index contributed by atoms with van der Waals surface area (Å²) in [5.41, 5.74) is 29.8. The van der Waals surface area contributed by atoms with Gasteiger partial charge >= 0.3 is 0 Å². The summed E-state index contributed by atoms with van der Waals surface area (Å²) in [7, 11) is 0. The zero-order valence-electron chi connectivity index (χ0n) is 63.4. The monoisotopic (exact) mass is 1480 g/mol. The number of benzene rings is 18. The molecule has 116 heavy (non-hydrogen) atoms. The Balaban J connectivity index is 0.000000137. The van der Waals surface area contributed by atoms with Crippen molar-refractivity contribution < 1.29 is 0 Å². The van der Waals surface area contributed by atoms with Crippen LogP contribution in [-0.2, 0) is 10.8 Å². The SMILES string of the molecule is c1ccc(-n2c3ccccc3c3cc(C4(c5ccccc5)c5ccccc5N(c5ccc6c7ccccc7n(-c7ccccc7)c6c5)c5ccccc54)ccc32)cc1.c1ccc(-n2c3ccccc3c3cc(N4c5ccccc5C(c5ccccc5)(c5ccc6c(c5)c5ccccc5n6-c5ccccc5)c5ccccc54)ccc32)cc1. The van der Waals surface area contributed by atoms with E-state index in [1.165, 1.54) is 154 Å². The fraction of sp³-hybridized carbons (Fsp3) is 0.0182. The van der Waals surface area contributed by atoms with Gasteiger partial charge in [0.15, 0.2) is 0 Å². The molecule has 0 aliphatic carbocycles. The summed E-state index contributed by atoms with van der Waals surface area (Å²) in [5.74, 6) is 0. The average Bonchev–Trinajstić information content (AvgIpc) is 0.913. The maximum atomic E-state index is 2.49. The Hall–Kier alpha value is -15.2. The van der Waals surface area contributed by atoms with Crippen LogP contribution >= 0.6 is 0 Å². The molecule has 6 heterocycles. The number of para-hydroxylation sites is 12. The number of fused-ring (bicyclic) bond motifs is 16. The number of aromatic nitrogens is 4. The van der Waals surface area contributed by atoms with Gasteiger partial charge in [0.1, 0.15) is 0 Å². The average molecular weight is 1480 g/mol. The normalized spacial score (nSPS) is 13.3. The van der Waals surface area contributed by atoms with E-state index in [1.807, 2.05) is 0 Å². The molecule has 2 aliphatic heterocycles. The van der Waals surface area contributed by atoms with Crippen molar-refractivity contribution in [3.05, 3.63) is 493 Å². The van der Waals surface area contributed by atoms with Gasteiger partial charge in [-0.3, -0.25) is 0 Å². The van der Waals surface area contributed by atoms with Gasteiger partial charge in [-0.1, -0.05) is 297 Å². The zero-order chi connectivity index (χ0) is 76.4. The summed E-state index contributed by atoms with van der Waals surface area (Å²) in [6.45, 7) is 0. The Morgan fingerprint density at radius 3 is 0.733 bits per heavy atom. The van der Waals surface area contributed by atoms with Crippen molar-refractivity contribution in [1.82, 2.24) is 18.3 Å². The Bertz CT molecular complexity index is 7480. The van der Waals surface area contributed by atoms with E-state index in [-0.39, 0.29) is 0 Å². The second kappa shape index (κ2) is 26.7. The van der Waals surface area contributed by atoms with Gasteiger partial charge in [-0.2, -0.15) is 0 Å². The van der Waals surface area contributed by atoms with E-state index in [1.54, 1.807) is 0 Å². The highest BCUT2D eigenvalue weighted by Gasteiger charge is 2.49. The third-order valence-electron chi connectivity index (χ3n) is 24.7. The number of hydrogen-bond acceptors (Lipinski definition) is 2. The number of rotatable bonds is 10. The van der Waals surface area contributed by atoms with E-state index in [0.717, 1.165) is 34.1 Å². The van der Waals surface area contributed by atoms with Crippen molar-refractivity contribution >= 4 is 121 Å². The molecular formula is C110H74N6. The predicted octanol–water partition coefficient (Wildman–Crippen LogP) is 28.1. The maximum Gasteiger partial charge on any atom is 0.0742 e. The Morgan fingerprint density at radius 2 is 0.379 bits per heavy atom. The van der Waals surface area contributed by atoms with Gasteiger partial charge in [-0.15, -0.1) is 0 Å². The molecule has 0 saturated heterocycles. The lowest BCUT2D eigenvalue weighted by atomic mass is 9.62. The molecule has 0 saturated carbocycles. The smallest absolute Gasteiger partial charge is 0.0742 e. The number of hydrogen-bond donors (Lipinski definition) is 0. The van der Waals surface area contributed by atoms with Crippen molar-refractivity contribution in [2.75, 3.05) is 9.80 Å². The van der Waals surface area contributed by atoms with E-state index >= 15 is 0 Å². The molecule has 6 heteroatoms. The summed E-state index contributed by atoms with van der Waals surface area (Å²) in [5, 5.41) is 9.92. The van der Waals surface area contributed by atoms with Crippen molar-refractivity contribution in [2.45, 2.75) is 10.8 Å². The first-order chi connectivity index (χ1) is 57.6. The van der Waals surface area contributed by atoms with Crippen LogP contribution in [0.5, 0.6) is 0 Å². The lowest BCUT2D eigenvalue weighted by molar-refractivity contribution is 0.732. The second-order valence-electron chi connectivity index (χ2n) is 30.6. The minimum absolute atomic E-state index is 0.609. The first kappa shape index (κ1) is 66.5. The third kappa shape index (κ3) is 9.90. The maximum absolute atomic E-state index is 2.49. The molecular weight excluding hydrogens is 1410 g/mol. The highest BCUT2D eigenvalue weighted by atomic mass is 15.2. The zero-order valence-corrected chi connectivity index (χ0v) is 63.4. The van der Waals surface area contributed by atoms with Crippen LogP contribution in [-0.4, -0.2) is 18.3 Å². The molecule has 544 valence electrons. The summed E-state index contributed by atoms with van der Waals surface area (Å²) in [6, 6.07) is 165. The van der Waals surface area contributed by atoms with Crippen molar-refractivity contribution in [3.8, 4) is 22.7 Å². The summed E-state index contributed by atoms with van der Waals surface area (Å²) in [6.07, 6.45) is 0. The van der Waals surface area contributed by atoms with Crippen molar-refractivity contribution in [2.24, 2.45) is 0 Å². The van der Waals surface area contributed by atoms with Crippen LogP contribution in [0.25, 0.3) is 110 Å². The van der Waals surface area contributed by atoms with Crippen LogP contribution in [0.3, 0.4) is 0 Å². The molecule has 0 radical (unpaired) electrons. The number of nitrogens with zero attached hydrogens (tertiary/aromatic N) is 6. The van der Waals surface area contributed by atoms with Gasteiger partial charge in [-0.25, -0.2) is 0 Å². The summed E-state index contributed by atoms with van der Waals surface area (Å²) < 4.78 is 9.60. The van der Waals surface area contributed by atoms with E-state index in [0.29, 0.717) is 0 Å². The summed E-state index contributed by atoms with van der Waals surface area (Å²) in [4.78, 5) is 4.97. The Morgan fingerprint density at radius 1 is 0.138 bits per heavy atom. The molecule has 2 aliphatic rings. The standard InChI is InChI=1S/2C55H37N3/c1-4-18-38(19-5-1)55(39-32-35-51-46(36-39)44-25-11-15-29-50(44)56(51)40-20-6-2-7-21-40)47-26-12-16-30-52(47)58(53-31-17-13-27-48(53)55)42-33-34-45-43-24-10-14-28-49(43)57(54(45)37-42)41-22-8-3-9-23-41;1-4-18-38(19-5-1)55(39-32-34-51-45(36-39)43-24-10-14-28-49(43)56(51)40-20-6-2-7-21-40)47-26-12-16-30-53(47)58(54-31-17-13-27-48(54)55)42-33-35-52-46(37-42)44-25-11-15-29-50(44)57(52)41-22-8-3-9-23-41/h2*1-37H. The van der Waals surface area contributed by atoms with Crippen LogP contribution in [0.4, 0.5) is 34.1 Å². The largest absolute Gasteiger partial charge is 0.310 e. The molecule has 0 spiro atoms. The van der Waals surface area contributed by atoms with Crippen LogP contribution < -0.4 is 9.80 Å². The van der Waals surface area contributed by atoms with Gasteiger partial charge in [0, 0.05) is 77.2 Å². The van der Waals surface area contributed by atoms with E-state index in [9.17, 15) is 0 Å². The second-order valence-corrected chi connectivity index (χ2v) is 30.6. The lowest BCUT2D eigenvalue weighted by Gasteiger charge is -2.46. The molecule has 0 amide bonds. The Kier molecular flexibility index (Phi) is 15.3. The number of anilines is 6. The first-order valence-corrected chi connectivity index (χ1v) is 40.1. The molecule has 0 unspecified atom stereocenters. The van der Waals surface area contributed by atoms with Crippen LogP contribution in [0.15, 0.2) is 449 Å². The third-order valence-corrected chi connectivity index (χ3v) is 24.7. The van der Waals surface area contributed by atoms with E-state index in [2.05, 4.69) is 477 Å². The van der Waals surface area contributed by atoms with Crippen molar-refractivity contribution in [3.63, 3.8) is 0 Å². The Labute approximate surface area is 672 Å². The topological polar surface area (TPSA) is 26.2 Å². The summed E-state index contributed by atoms with van der Waals surface area (Å²) >= 11 is 0. The van der Waals surface area contributed by atoms with Crippen LogP contribution in [0, 0.1) is 0 Å². The highest BCUT2D eigenvalue weighted by Crippen LogP contribution is 2.61. The van der Waals surface area contributed by atoms with Gasteiger partial charge in [-0.05, 0) is 196 Å². The molecule has 0 atom stereocenters. The highest BCUT2D eigenvalue weighted by molar-refractivity contribution is 6.14. The van der Waals surface area contributed by atoms with Gasteiger partial charge in [0.05, 0.1) is 77.7 Å². The molecule has 0 bridgehead atoms. The molecule has 6 nitrogen and oxygen atoms in total. The van der Waals surface area contributed by atoms with Gasteiger partial charge in [0.2, 0.25) is 0 Å². The fourth-order valence-corrected chi connectivity index (χ4v) is 20.0. The molecule has 0 fully saturated rings. The molecule has 24 rings (SSSR count). The van der Waals surface area contributed by atoms with Gasteiger partial charge in [0.25, 0.3) is 0 Å². The van der Waals surface area contributed by atoms with Crippen LogP contribution in [0.1, 0.15) is 44.5 Å². The lowest BCUT2D eigenvalue weighted by Crippen LogP contribution is -2.37. The quantitative estimate of drug-likeness (QED) is 0.136. The minimum Gasteiger partial charge on any atom is -0.310 e. The molecule has 4 aromatic heterocycles. The molecule has 18 aromatic carbocycles. The predicted molar refractivity (Wildman–Crippen MR) is 483 cm³/mol.